The number of rotatable bonds is 3. The molecule has 0 spiro atoms. The first-order valence-corrected chi connectivity index (χ1v) is 2.02. The van der Waals surface area contributed by atoms with E-state index in [4.69, 9.17) is 5.84 Å². The van der Waals surface area contributed by atoms with E-state index in [0.717, 1.165) is 0 Å². The summed E-state index contributed by atoms with van der Waals surface area (Å²) in [5.41, 5.74) is 0. The lowest BCUT2D eigenvalue weighted by Crippen LogP contribution is -2.36. The quantitative estimate of drug-likeness (QED) is 0.288. The van der Waals surface area contributed by atoms with Crippen LogP contribution in [0.1, 0.15) is 0 Å². The molecule has 0 aromatic carbocycles. The summed E-state index contributed by atoms with van der Waals surface area (Å²) in [5, 5.41) is 13.9. The van der Waals surface area contributed by atoms with Gasteiger partial charge in [0, 0.05) is 6.72 Å². The molecule has 0 aliphatic rings. The Balaban J connectivity index is 3.87. The highest BCUT2D eigenvalue weighted by Crippen LogP contribution is 1.94. The number of nitrogens with zero attached hydrogens (tertiary/aromatic N) is 3. The highest BCUT2D eigenvalue weighted by Gasteiger charge is 1.95. The fraction of sp³-hybridized carbons (Fsp3) is 0. The van der Waals surface area contributed by atoms with Gasteiger partial charge in [0.05, 0.1) is 0 Å². The van der Waals surface area contributed by atoms with Gasteiger partial charge in [0.1, 0.15) is 5.82 Å². The van der Waals surface area contributed by atoms with E-state index in [-0.39, 0.29) is 11.0 Å². The fourth-order valence-corrected chi connectivity index (χ4v) is 0.183. The molecule has 0 unspecified atom stereocenters. The normalized spacial score (nSPS) is 8.33. The second kappa shape index (κ2) is 3.02. The van der Waals surface area contributed by atoms with Gasteiger partial charge in [-0.05, 0) is 0 Å². The van der Waals surface area contributed by atoms with Gasteiger partial charge in [-0.2, -0.15) is 10.2 Å². The van der Waals surface area contributed by atoms with E-state index < -0.39 is 0 Å². The molecule has 0 amide bonds. The second-order valence-electron chi connectivity index (χ2n) is 1.23. The van der Waals surface area contributed by atoms with Crippen molar-refractivity contribution in [3.63, 3.8) is 0 Å². The first-order valence-electron chi connectivity index (χ1n) is 2.02. The Morgan fingerprint density at radius 3 is 2.11 bits per heavy atom. The SMILES string of the molecule is C=NN(N)C(=C)N(N)[O-]. The lowest BCUT2D eigenvalue weighted by molar-refractivity contribution is 0.274. The Morgan fingerprint density at radius 1 is 1.56 bits per heavy atom. The maximum absolute atomic E-state index is 10.1. The molecule has 0 saturated carbocycles. The van der Waals surface area contributed by atoms with Crippen LogP contribution in [0.5, 0.6) is 0 Å². The molecule has 0 fully saturated rings. The number of hydroxylamine groups is 1. The maximum atomic E-state index is 10.1. The Kier molecular flexibility index (Phi) is 2.65. The molecule has 0 atom stereocenters. The zero-order chi connectivity index (χ0) is 7.44. The third-order valence-corrected chi connectivity index (χ3v) is 0.671. The standard InChI is InChI=1S/C3H8N5O/c1-3(8(5)9)7(4)6-2/h1-2,4-5H2/q-1. The van der Waals surface area contributed by atoms with Crippen LogP contribution in [-0.4, -0.2) is 17.0 Å². The summed E-state index contributed by atoms with van der Waals surface area (Å²) in [6.45, 7) is 6.21. The Bertz CT molecular complexity index is 121. The third-order valence-electron chi connectivity index (χ3n) is 0.671. The van der Waals surface area contributed by atoms with Gasteiger partial charge in [-0.15, -0.1) is 0 Å². The van der Waals surface area contributed by atoms with Gasteiger partial charge in [-0.25, -0.2) is 5.84 Å². The summed E-state index contributed by atoms with van der Waals surface area (Å²) in [6, 6.07) is 0. The zero-order valence-corrected chi connectivity index (χ0v) is 4.82. The average Bonchev–Trinajstić information content (AvgIpc) is 1.84. The van der Waals surface area contributed by atoms with E-state index in [1.807, 2.05) is 0 Å². The average molecular weight is 130 g/mol. The topological polar surface area (TPSA) is 93.9 Å². The van der Waals surface area contributed by atoms with Crippen molar-refractivity contribution in [3.05, 3.63) is 17.6 Å². The van der Waals surface area contributed by atoms with Gasteiger partial charge < -0.3 is 10.4 Å². The Hall–Kier alpha value is -1.11. The van der Waals surface area contributed by atoms with Crippen LogP contribution in [0.15, 0.2) is 17.5 Å². The van der Waals surface area contributed by atoms with E-state index >= 15 is 0 Å². The van der Waals surface area contributed by atoms with Crippen LogP contribution >= 0.6 is 0 Å². The van der Waals surface area contributed by atoms with Crippen LogP contribution in [0.2, 0.25) is 0 Å². The molecule has 0 rings (SSSR count). The molecule has 4 N–H and O–H groups in total. The largest absolute Gasteiger partial charge is 0.742 e. The molecule has 0 aromatic heterocycles. The molecule has 0 bridgehead atoms. The summed E-state index contributed by atoms with van der Waals surface area (Å²) in [5.74, 6) is 9.51. The summed E-state index contributed by atoms with van der Waals surface area (Å²) in [6.07, 6.45) is 0. The van der Waals surface area contributed by atoms with Crippen molar-refractivity contribution in [2.75, 3.05) is 0 Å². The minimum atomic E-state index is -0.176. The van der Waals surface area contributed by atoms with Crippen molar-refractivity contribution < 1.29 is 0 Å². The van der Waals surface area contributed by atoms with E-state index in [2.05, 4.69) is 24.2 Å². The predicted molar refractivity (Wildman–Crippen MR) is 34.1 cm³/mol. The summed E-state index contributed by atoms with van der Waals surface area (Å²) >= 11 is 0. The molecule has 6 nitrogen and oxygen atoms in total. The smallest absolute Gasteiger partial charge is 0.139 e. The van der Waals surface area contributed by atoms with E-state index in [1.165, 1.54) is 0 Å². The van der Waals surface area contributed by atoms with Crippen LogP contribution < -0.4 is 11.7 Å². The van der Waals surface area contributed by atoms with Gasteiger partial charge in [-0.1, -0.05) is 6.58 Å². The molecule has 0 heterocycles. The van der Waals surface area contributed by atoms with Crippen LogP contribution in [0, 0.1) is 5.21 Å². The van der Waals surface area contributed by atoms with Crippen molar-refractivity contribution in [2.24, 2.45) is 16.8 Å². The minimum Gasteiger partial charge on any atom is -0.742 e. The molecule has 0 radical (unpaired) electrons. The lowest BCUT2D eigenvalue weighted by atomic mass is 10.8. The third kappa shape index (κ3) is 2.08. The minimum absolute atomic E-state index is 0.00528. The molecule has 52 valence electrons. The van der Waals surface area contributed by atoms with Crippen molar-refractivity contribution >= 4 is 6.72 Å². The van der Waals surface area contributed by atoms with Crippen molar-refractivity contribution in [3.8, 4) is 0 Å². The van der Waals surface area contributed by atoms with Crippen molar-refractivity contribution in [1.29, 1.82) is 0 Å². The predicted octanol–water partition coefficient (Wildman–Crippen LogP) is -1.08. The molecule has 0 aliphatic carbocycles. The van der Waals surface area contributed by atoms with Gasteiger partial charge >= 0.3 is 0 Å². The first kappa shape index (κ1) is 7.89. The van der Waals surface area contributed by atoms with Crippen LogP contribution in [0.4, 0.5) is 0 Å². The molecule has 6 heteroatoms. The van der Waals surface area contributed by atoms with E-state index in [9.17, 15) is 5.21 Å². The number of nitrogens with two attached hydrogens (primary N) is 2. The van der Waals surface area contributed by atoms with Crippen LogP contribution in [-0.2, 0) is 0 Å². The molecule has 0 aliphatic heterocycles. The molecule has 9 heavy (non-hydrogen) atoms. The van der Waals surface area contributed by atoms with Gasteiger partial charge in [0.25, 0.3) is 0 Å². The molecular weight excluding hydrogens is 122 g/mol. The Morgan fingerprint density at radius 2 is 2.00 bits per heavy atom. The summed E-state index contributed by atoms with van der Waals surface area (Å²) in [4.78, 5) is 0. The summed E-state index contributed by atoms with van der Waals surface area (Å²) in [7, 11) is 0. The number of hydrazone groups is 1. The summed E-state index contributed by atoms with van der Waals surface area (Å²) < 4.78 is 0. The maximum Gasteiger partial charge on any atom is 0.139 e. The first-order chi connectivity index (χ1) is 4.09. The lowest BCUT2D eigenvalue weighted by Gasteiger charge is -2.28. The number of hydrazine groups is 2. The highest BCUT2D eigenvalue weighted by molar-refractivity contribution is 5.22. The van der Waals surface area contributed by atoms with Crippen molar-refractivity contribution in [2.45, 2.75) is 0 Å². The zero-order valence-electron chi connectivity index (χ0n) is 4.82. The number of hydrogen-bond acceptors (Lipinski definition) is 6. The molecular formula is C3H8N5O-. The van der Waals surface area contributed by atoms with Crippen LogP contribution in [0.25, 0.3) is 0 Å². The second-order valence-corrected chi connectivity index (χ2v) is 1.23. The molecule has 0 saturated heterocycles. The number of hydrogen-bond donors (Lipinski definition) is 2. The van der Waals surface area contributed by atoms with Gasteiger partial charge in [0.15, 0.2) is 0 Å². The fourth-order valence-electron chi connectivity index (χ4n) is 0.183. The Labute approximate surface area is 52.5 Å². The molecule has 0 aromatic rings. The highest BCUT2D eigenvalue weighted by atomic mass is 16.5. The van der Waals surface area contributed by atoms with Gasteiger partial charge in [0.2, 0.25) is 0 Å². The van der Waals surface area contributed by atoms with E-state index in [0.29, 0.717) is 5.12 Å². The van der Waals surface area contributed by atoms with Crippen molar-refractivity contribution in [1.82, 2.24) is 10.3 Å². The van der Waals surface area contributed by atoms with E-state index in [1.54, 1.807) is 0 Å². The van der Waals surface area contributed by atoms with Gasteiger partial charge in [-0.3, -0.25) is 5.84 Å². The monoisotopic (exact) mass is 130 g/mol. The van der Waals surface area contributed by atoms with Crippen LogP contribution in [0.3, 0.4) is 0 Å².